The molecule has 1 heterocycles. The van der Waals surface area contributed by atoms with Crippen molar-refractivity contribution in [3.05, 3.63) is 0 Å². The minimum Gasteiger partial charge on any atom is -0.449 e. The SMILES string of the molecule is CCCCOC(=O)N1CCC(NC(=O)C23CC4CC(CC(C4)C2)C3)CC1. The first kappa shape index (κ1) is 18.1. The quantitative estimate of drug-likeness (QED) is 0.758. The van der Waals surface area contributed by atoms with Crippen LogP contribution in [0.4, 0.5) is 4.79 Å². The lowest BCUT2D eigenvalue weighted by molar-refractivity contribution is -0.147. The van der Waals surface area contributed by atoms with E-state index >= 15 is 0 Å². The molecule has 0 unspecified atom stereocenters. The van der Waals surface area contributed by atoms with E-state index in [-0.39, 0.29) is 17.6 Å². The number of hydrogen-bond acceptors (Lipinski definition) is 3. The summed E-state index contributed by atoms with van der Waals surface area (Å²) in [5.41, 5.74) is -0.0645. The highest BCUT2D eigenvalue weighted by Gasteiger charge is 2.54. The molecule has 4 bridgehead atoms. The standard InChI is InChI=1S/C21H34N2O3/c1-2-3-8-26-20(25)23-6-4-18(5-7-23)22-19(24)21-12-15-9-16(13-21)11-17(10-15)14-21/h15-18H,2-14H2,1H3,(H,22,24). The minimum absolute atomic E-state index is 0.0645. The number of likely N-dealkylation sites (tertiary alicyclic amines) is 1. The molecule has 2 amide bonds. The van der Waals surface area contributed by atoms with E-state index in [0.717, 1.165) is 62.7 Å². The van der Waals surface area contributed by atoms with Gasteiger partial charge in [0, 0.05) is 24.5 Å². The second kappa shape index (κ2) is 7.40. The molecule has 146 valence electrons. The van der Waals surface area contributed by atoms with Gasteiger partial charge in [0.25, 0.3) is 0 Å². The van der Waals surface area contributed by atoms with Gasteiger partial charge < -0.3 is 15.0 Å². The Labute approximate surface area is 157 Å². The molecule has 1 aliphatic heterocycles. The molecule has 5 fully saturated rings. The summed E-state index contributed by atoms with van der Waals surface area (Å²) in [6, 6.07) is 0.218. The van der Waals surface area contributed by atoms with Crippen molar-refractivity contribution in [3.63, 3.8) is 0 Å². The van der Waals surface area contributed by atoms with E-state index in [0.29, 0.717) is 25.6 Å². The topological polar surface area (TPSA) is 58.6 Å². The lowest BCUT2D eigenvalue weighted by Gasteiger charge is -2.56. The molecule has 0 atom stereocenters. The Balaban J connectivity index is 1.26. The summed E-state index contributed by atoms with van der Waals surface area (Å²) in [5, 5.41) is 3.37. The van der Waals surface area contributed by atoms with Crippen LogP contribution < -0.4 is 5.32 Å². The number of carbonyl (C=O) groups excluding carboxylic acids is 2. The third-order valence-electron chi connectivity index (χ3n) is 7.33. The van der Waals surface area contributed by atoms with Gasteiger partial charge in [0.1, 0.15) is 0 Å². The Morgan fingerprint density at radius 3 is 2.15 bits per heavy atom. The van der Waals surface area contributed by atoms with Crippen molar-refractivity contribution in [1.82, 2.24) is 10.2 Å². The predicted molar refractivity (Wildman–Crippen MR) is 99.6 cm³/mol. The molecule has 0 aromatic rings. The lowest BCUT2D eigenvalue weighted by atomic mass is 9.49. The Bertz CT molecular complexity index is 504. The van der Waals surface area contributed by atoms with Gasteiger partial charge in [-0.25, -0.2) is 4.79 Å². The van der Waals surface area contributed by atoms with Crippen LogP contribution in [0.3, 0.4) is 0 Å². The van der Waals surface area contributed by atoms with Crippen LogP contribution in [0, 0.1) is 23.2 Å². The van der Waals surface area contributed by atoms with Gasteiger partial charge in [-0.3, -0.25) is 4.79 Å². The van der Waals surface area contributed by atoms with Crippen molar-refractivity contribution in [3.8, 4) is 0 Å². The van der Waals surface area contributed by atoms with Gasteiger partial charge in [-0.2, -0.15) is 0 Å². The highest BCUT2D eigenvalue weighted by Crippen LogP contribution is 2.60. The number of nitrogens with zero attached hydrogens (tertiary/aromatic N) is 1. The smallest absolute Gasteiger partial charge is 0.409 e. The Morgan fingerprint density at radius 2 is 1.62 bits per heavy atom. The number of carbonyl (C=O) groups is 2. The van der Waals surface area contributed by atoms with E-state index in [1.54, 1.807) is 4.90 Å². The molecular weight excluding hydrogens is 328 g/mol. The zero-order valence-corrected chi connectivity index (χ0v) is 16.2. The van der Waals surface area contributed by atoms with Crippen molar-refractivity contribution in [1.29, 1.82) is 0 Å². The molecule has 0 aromatic carbocycles. The van der Waals surface area contributed by atoms with Crippen molar-refractivity contribution in [2.75, 3.05) is 19.7 Å². The molecule has 4 saturated carbocycles. The molecule has 0 radical (unpaired) electrons. The number of amides is 2. The van der Waals surface area contributed by atoms with Crippen LogP contribution in [0.5, 0.6) is 0 Å². The Hall–Kier alpha value is -1.26. The summed E-state index contributed by atoms with van der Waals surface area (Å²) < 4.78 is 5.30. The molecule has 5 rings (SSSR count). The molecular formula is C21H34N2O3. The molecule has 26 heavy (non-hydrogen) atoms. The molecule has 5 aliphatic rings. The maximum atomic E-state index is 13.1. The fourth-order valence-corrected chi connectivity index (χ4v) is 6.33. The summed E-state index contributed by atoms with van der Waals surface area (Å²) in [5.74, 6) is 2.71. The van der Waals surface area contributed by atoms with E-state index in [1.807, 2.05) is 0 Å². The van der Waals surface area contributed by atoms with Crippen molar-refractivity contribution >= 4 is 12.0 Å². The fourth-order valence-electron chi connectivity index (χ4n) is 6.33. The molecule has 4 aliphatic carbocycles. The largest absolute Gasteiger partial charge is 0.449 e. The summed E-state index contributed by atoms with van der Waals surface area (Å²) in [6.45, 7) is 3.98. The minimum atomic E-state index is -0.190. The van der Waals surface area contributed by atoms with Crippen LogP contribution >= 0.6 is 0 Å². The second-order valence-corrected chi connectivity index (χ2v) is 9.40. The molecule has 1 N–H and O–H groups in total. The third kappa shape index (κ3) is 3.59. The average Bonchev–Trinajstić information content (AvgIpc) is 2.61. The van der Waals surface area contributed by atoms with Gasteiger partial charge in [-0.15, -0.1) is 0 Å². The summed E-state index contributed by atoms with van der Waals surface area (Å²) in [7, 11) is 0. The number of unbranched alkanes of at least 4 members (excludes halogenated alkanes) is 1. The molecule has 0 spiro atoms. The van der Waals surface area contributed by atoms with E-state index in [9.17, 15) is 9.59 Å². The molecule has 1 saturated heterocycles. The van der Waals surface area contributed by atoms with Crippen LogP contribution in [0.1, 0.15) is 71.1 Å². The number of hydrogen-bond donors (Lipinski definition) is 1. The van der Waals surface area contributed by atoms with E-state index in [4.69, 9.17) is 4.74 Å². The first-order valence-corrected chi connectivity index (χ1v) is 10.8. The fraction of sp³-hybridized carbons (Fsp3) is 0.905. The Kier molecular flexibility index (Phi) is 5.15. The van der Waals surface area contributed by atoms with Gasteiger partial charge >= 0.3 is 6.09 Å². The molecule has 5 nitrogen and oxygen atoms in total. The summed E-state index contributed by atoms with van der Waals surface area (Å²) >= 11 is 0. The Morgan fingerprint density at radius 1 is 1.04 bits per heavy atom. The van der Waals surface area contributed by atoms with Gasteiger partial charge in [-0.05, 0) is 75.5 Å². The summed E-state index contributed by atoms with van der Waals surface area (Å²) in [6.07, 6.45) is 10.9. The van der Waals surface area contributed by atoms with Gasteiger partial charge in [0.05, 0.1) is 6.61 Å². The van der Waals surface area contributed by atoms with Crippen molar-refractivity contribution in [2.24, 2.45) is 23.2 Å². The maximum Gasteiger partial charge on any atom is 0.409 e. The van der Waals surface area contributed by atoms with Crippen molar-refractivity contribution in [2.45, 2.75) is 77.2 Å². The third-order valence-corrected chi connectivity index (χ3v) is 7.33. The summed E-state index contributed by atoms with van der Waals surface area (Å²) in [4.78, 5) is 27.0. The van der Waals surface area contributed by atoms with Crippen LogP contribution in [0.25, 0.3) is 0 Å². The van der Waals surface area contributed by atoms with Crippen LogP contribution in [0.15, 0.2) is 0 Å². The number of rotatable bonds is 5. The normalized spacial score (nSPS) is 36.2. The van der Waals surface area contributed by atoms with Crippen molar-refractivity contribution < 1.29 is 14.3 Å². The van der Waals surface area contributed by atoms with Gasteiger partial charge in [-0.1, -0.05) is 13.3 Å². The van der Waals surface area contributed by atoms with Gasteiger partial charge in [0.15, 0.2) is 0 Å². The number of ether oxygens (including phenoxy) is 1. The first-order chi connectivity index (χ1) is 12.6. The van der Waals surface area contributed by atoms with Gasteiger partial charge in [0.2, 0.25) is 5.91 Å². The first-order valence-electron chi connectivity index (χ1n) is 10.8. The maximum absolute atomic E-state index is 13.1. The lowest BCUT2D eigenvalue weighted by Crippen LogP contribution is -2.56. The zero-order chi connectivity index (χ0) is 18.1. The number of nitrogens with one attached hydrogen (secondary N) is 1. The predicted octanol–water partition coefficient (Wildman–Crippen LogP) is 3.72. The molecule has 0 aromatic heterocycles. The number of piperidine rings is 1. The zero-order valence-electron chi connectivity index (χ0n) is 16.2. The average molecular weight is 363 g/mol. The van der Waals surface area contributed by atoms with E-state index in [2.05, 4.69) is 12.2 Å². The van der Waals surface area contributed by atoms with Crippen LogP contribution in [-0.4, -0.2) is 42.6 Å². The highest BCUT2D eigenvalue weighted by atomic mass is 16.6. The monoisotopic (exact) mass is 362 g/mol. The van der Waals surface area contributed by atoms with E-state index < -0.39 is 0 Å². The molecule has 5 heteroatoms. The van der Waals surface area contributed by atoms with Crippen LogP contribution in [0.2, 0.25) is 0 Å². The second-order valence-electron chi connectivity index (χ2n) is 9.40. The van der Waals surface area contributed by atoms with E-state index in [1.165, 1.54) is 19.3 Å². The highest BCUT2D eigenvalue weighted by molar-refractivity contribution is 5.83. The van der Waals surface area contributed by atoms with Crippen LogP contribution in [-0.2, 0) is 9.53 Å².